The fourth-order valence-corrected chi connectivity index (χ4v) is 3.62. The lowest BCUT2D eigenvalue weighted by Crippen LogP contribution is -2.41. The molecule has 150 valence electrons. The number of carbonyl (C=O) groups excluding carboxylic acids is 2. The highest BCUT2D eigenvalue weighted by molar-refractivity contribution is 5.99. The fraction of sp³-hybridized carbons (Fsp3) is 0.476. The number of hydrogen-bond acceptors (Lipinski definition) is 5. The molecule has 0 radical (unpaired) electrons. The first-order chi connectivity index (χ1) is 13.5. The van der Waals surface area contributed by atoms with Crippen LogP contribution >= 0.6 is 0 Å². The van der Waals surface area contributed by atoms with Gasteiger partial charge in [-0.2, -0.15) is 0 Å². The second-order valence-electron chi connectivity index (χ2n) is 7.29. The molecule has 1 aromatic heterocycles. The Labute approximate surface area is 165 Å². The Morgan fingerprint density at radius 3 is 2.71 bits per heavy atom. The van der Waals surface area contributed by atoms with Gasteiger partial charge in [0, 0.05) is 18.2 Å². The van der Waals surface area contributed by atoms with Crippen molar-refractivity contribution in [1.29, 1.82) is 0 Å². The van der Waals surface area contributed by atoms with Crippen molar-refractivity contribution in [2.45, 2.75) is 39.0 Å². The van der Waals surface area contributed by atoms with Gasteiger partial charge in [-0.05, 0) is 43.9 Å². The van der Waals surface area contributed by atoms with Crippen molar-refractivity contribution in [3.63, 3.8) is 0 Å². The molecule has 2 amide bonds. The number of aromatic nitrogens is 1. The van der Waals surface area contributed by atoms with E-state index in [4.69, 9.17) is 9.26 Å². The molecule has 0 saturated heterocycles. The minimum Gasteiger partial charge on any atom is -0.497 e. The van der Waals surface area contributed by atoms with Crippen LogP contribution in [0.4, 0.5) is 5.82 Å². The maximum absolute atomic E-state index is 13.1. The summed E-state index contributed by atoms with van der Waals surface area (Å²) < 4.78 is 10.2. The van der Waals surface area contributed by atoms with E-state index in [1.165, 1.54) is 19.3 Å². The van der Waals surface area contributed by atoms with Crippen LogP contribution in [0.5, 0.6) is 5.75 Å². The Bertz CT molecular complexity index is 811. The maximum atomic E-state index is 13.1. The molecular weight excluding hydrogens is 358 g/mol. The zero-order chi connectivity index (χ0) is 19.9. The molecule has 1 heterocycles. The van der Waals surface area contributed by atoms with Gasteiger partial charge in [0.25, 0.3) is 5.91 Å². The average molecular weight is 385 g/mol. The third-order valence-electron chi connectivity index (χ3n) is 5.04. The van der Waals surface area contributed by atoms with Gasteiger partial charge >= 0.3 is 0 Å². The monoisotopic (exact) mass is 385 g/mol. The molecular formula is C21H27N3O4. The predicted octanol–water partition coefficient (Wildman–Crippen LogP) is 3.65. The summed E-state index contributed by atoms with van der Waals surface area (Å²) in [5, 5.41) is 6.47. The van der Waals surface area contributed by atoms with E-state index in [0.29, 0.717) is 35.4 Å². The highest BCUT2D eigenvalue weighted by Gasteiger charge is 2.24. The van der Waals surface area contributed by atoms with E-state index in [-0.39, 0.29) is 18.4 Å². The molecule has 0 unspecified atom stereocenters. The zero-order valence-electron chi connectivity index (χ0n) is 16.4. The molecule has 3 rings (SSSR count). The SMILES string of the molecule is COc1cccc(C(=O)N(CC(=O)Nc2cc(C)on2)CC2CCCCC2)c1. The van der Waals surface area contributed by atoms with Crippen LogP contribution in [-0.2, 0) is 4.79 Å². The molecule has 1 fully saturated rings. The van der Waals surface area contributed by atoms with Gasteiger partial charge < -0.3 is 19.5 Å². The number of ether oxygens (including phenoxy) is 1. The fourth-order valence-electron chi connectivity index (χ4n) is 3.62. The normalized spacial score (nSPS) is 14.5. The number of carbonyl (C=O) groups is 2. The molecule has 1 saturated carbocycles. The van der Waals surface area contributed by atoms with Gasteiger partial charge in [-0.3, -0.25) is 9.59 Å². The average Bonchev–Trinajstić information content (AvgIpc) is 3.12. The van der Waals surface area contributed by atoms with Crippen molar-refractivity contribution in [1.82, 2.24) is 10.1 Å². The second-order valence-corrected chi connectivity index (χ2v) is 7.29. The molecule has 7 heteroatoms. The molecule has 1 N–H and O–H groups in total. The summed E-state index contributed by atoms with van der Waals surface area (Å²) in [4.78, 5) is 27.3. The summed E-state index contributed by atoms with van der Waals surface area (Å²) in [6.07, 6.45) is 5.77. The Morgan fingerprint density at radius 2 is 2.04 bits per heavy atom. The Kier molecular flexibility index (Phi) is 6.68. The van der Waals surface area contributed by atoms with Crippen molar-refractivity contribution in [2.75, 3.05) is 25.5 Å². The number of nitrogens with zero attached hydrogens (tertiary/aromatic N) is 2. The molecule has 1 aliphatic rings. The van der Waals surface area contributed by atoms with Crippen molar-refractivity contribution in [3.8, 4) is 5.75 Å². The van der Waals surface area contributed by atoms with Crippen LogP contribution in [-0.4, -0.2) is 42.1 Å². The van der Waals surface area contributed by atoms with Crippen molar-refractivity contribution in [2.24, 2.45) is 5.92 Å². The topological polar surface area (TPSA) is 84.7 Å². The quantitative estimate of drug-likeness (QED) is 0.786. The number of rotatable bonds is 7. The van der Waals surface area contributed by atoms with Crippen LogP contribution < -0.4 is 10.1 Å². The van der Waals surface area contributed by atoms with Gasteiger partial charge in [-0.25, -0.2) is 0 Å². The number of anilines is 1. The lowest BCUT2D eigenvalue weighted by atomic mass is 9.89. The molecule has 0 aliphatic heterocycles. The van der Waals surface area contributed by atoms with E-state index in [0.717, 1.165) is 12.8 Å². The molecule has 2 aromatic rings. The third kappa shape index (κ3) is 5.34. The lowest BCUT2D eigenvalue weighted by molar-refractivity contribution is -0.117. The standard InChI is InChI=1S/C21H27N3O4/c1-15-11-19(23-28-15)22-20(25)14-24(13-16-7-4-3-5-8-16)21(26)17-9-6-10-18(12-17)27-2/h6,9-12,16H,3-5,7-8,13-14H2,1-2H3,(H,22,23,25). The van der Waals surface area contributed by atoms with Crippen LogP contribution in [0.3, 0.4) is 0 Å². The predicted molar refractivity (Wildman–Crippen MR) is 105 cm³/mol. The van der Waals surface area contributed by atoms with E-state index in [9.17, 15) is 9.59 Å². The molecule has 0 spiro atoms. The molecule has 1 aliphatic carbocycles. The van der Waals surface area contributed by atoms with Gasteiger partial charge in [0.05, 0.1) is 7.11 Å². The van der Waals surface area contributed by atoms with Gasteiger partial charge in [0.2, 0.25) is 5.91 Å². The van der Waals surface area contributed by atoms with Crippen LogP contribution in [0.2, 0.25) is 0 Å². The van der Waals surface area contributed by atoms with E-state index in [1.54, 1.807) is 49.3 Å². The van der Waals surface area contributed by atoms with Crippen molar-refractivity contribution >= 4 is 17.6 Å². The summed E-state index contributed by atoms with van der Waals surface area (Å²) in [5.74, 6) is 1.54. The highest BCUT2D eigenvalue weighted by Crippen LogP contribution is 2.25. The first-order valence-electron chi connectivity index (χ1n) is 9.71. The molecule has 0 atom stereocenters. The van der Waals surface area contributed by atoms with Gasteiger partial charge in [-0.1, -0.05) is 30.5 Å². The van der Waals surface area contributed by atoms with Gasteiger partial charge in [0.1, 0.15) is 18.1 Å². The highest BCUT2D eigenvalue weighted by atomic mass is 16.5. The Hall–Kier alpha value is -2.83. The molecule has 7 nitrogen and oxygen atoms in total. The first kappa shape index (κ1) is 19.9. The number of methoxy groups -OCH3 is 1. The number of aryl methyl sites for hydroxylation is 1. The minimum atomic E-state index is -0.291. The summed E-state index contributed by atoms with van der Waals surface area (Å²) >= 11 is 0. The summed E-state index contributed by atoms with van der Waals surface area (Å²) in [5.41, 5.74) is 0.514. The van der Waals surface area contributed by atoms with Crippen LogP contribution in [0, 0.1) is 12.8 Å². The summed E-state index contributed by atoms with van der Waals surface area (Å²) in [6.45, 7) is 2.30. The number of benzene rings is 1. The summed E-state index contributed by atoms with van der Waals surface area (Å²) in [7, 11) is 1.57. The first-order valence-corrected chi connectivity index (χ1v) is 9.71. The second kappa shape index (κ2) is 9.39. The number of nitrogens with one attached hydrogen (secondary N) is 1. The molecule has 1 aromatic carbocycles. The van der Waals surface area contributed by atoms with Crippen LogP contribution in [0.15, 0.2) is 34.9 Å². The van der Waals surface area contributed by atoms with E-state index < -0.39 is 0 Å². The molecule has 28 heavy (non-hydrogen) atoms. The number of amides is 2. The maximum Gasteiger partial charge on any atom is 0.254 e. The van der Waals surface area contributed by atoms with E-state index in [1.807, 2.05) is 0 Å². The van der Waals surface area contributed by atoms with Crippen LogP contribution in [0.25, 0.3) is 0 Å². The third-order valence-corrected chi connectivity index (χ3v) is 5.04. The van der Waals surface area contributed by atoms with Gasteiger partial charge in [-0.15, -0.1) is 0 Å². The van der Waals surface area contributed by atoms with E-state index >= 15 is 0 Å². The summed E-state index contributed by atoms with van der Waals surface area (Å²) in [6, 6.07) is 8.67. The Morgan fingerprint density at radius 1 is 1.25 bits per heavy atom. The number of hydrogen-bond donors (Lipinski definition) is 1. The lowest BCUT2D eigenvalue weighted by Gasteiger charge is -2.29. The largest absolute Gasteiger partial charge is 0.497 e. The van der Waals surface area contributed by atoms with E-state index in [2.05, 4.69) is 10.5 Å². The minimum absolute atomic E-state index is 0.0293. The van der Waals surface area contributed by atoms with Crippen molar-refractivity contribution < 1.29 is 18.8 Å². The smallest absolute Gasteiger partial charge is 0.254 e. The van der Waals surface area contributed by atoms with Crippen molar-refractivity contribution in [3.05, 3.63) is 41.7 Å². The zero-order valence-corrected chi connectivity index (χ0v) is 16.4. The Balaban J connectivity index is 1.73. The van der Waals surface area contributed by atoms with Gasteiger partial charge in [0.15, 0.2) is 5.82 Å². The van der Waals surface area contributed by atoms with Crippen LogP contribution in [0.1, 0.15) is 48.2 Å². The molecule has 0 bridgehead atoms.